The number of anilines is 3. The lowest BCUT2D eigenvalue weighted by Gasteiger charge is -2.08. The van der Waals surface area contributed by atoms with E-state index in [4.69, 9.17) is 5.26 Å². The molecular formula is C19H13BrN4O. The van der Waals surface area contributed by atoms with Crippen LogP contribution in [0.5, 0.6) is 0 Å². The van der Waals surface area contributed by atoms with Gasteiger partial charge >= 0.3 is 0 Å². The Hall–Kier alpha value is -3.17. The number of amides is 1. The molecule has 1 aromatic heterocycles. The van der Waals surface area contributed by atoms with Crippen molar-refractivity contribution >= 4 is 39.0 Å². The molecule has 5 nitrogen and oxygen atoms in total. The van der Waals surface area contributed by atoms with Gasteiger partial charge < -0.3 is 10.6 Å². The van der Waals surface area contributed by atoms with Crippen LogP contribution in [0.25, 0.3) is 0 Å². The molecule has 0 aliphatic carbocycles. The summed E-state index contributed by atoms with van der Waals surface area (Å²) < 4.78 is 0.949. The van der Waals surface area contributed by atoms with E-state index in [9.17, 15) is 4.79 Å². The Morgan fingerprint density at radius 1 is 0.960 bits per heavy atom. The van der Waals surface area contributed by atoms with Crippen LogP contribution in [0.1, 0.15) is 15.9 Å². The molecule has 0 spiro atoms. The summed E-state index contributed by atoms with van der Waals surface area (Å²) in [7, 11) is 0. The molecule has 0 radical (unpaired) electrons. The van der Waals surface area contributed by atoms with Crippen molar-refractivity contribution in [1.82, 2.24) is 4.98 Å². The number of carbonyl (C=O) groups is 1. The zero-order valence-electron chi connectivity index (χ0n) is 13.0. The zero-order chi connectivity index (χ0) is 17.6. The second-order valence-corrected chi connectivity index (χ2v) is 6.12. The number of rotatable bonds is 4. The van der Waals surface area contributed by atoms with Crippen molar-refractivity contribution in [2.24, 2.45) is 0 Å². The van der Waals surface area contributed by atoms with Crippen molar-refractivity contribution in [2.75, 3.05) is 10.6 Å². The molecule has 0 aliphatic rings. The first-order valence-electron chi connectivity index (χ1n) is 7.44. The number of hydrogen-bond donors (Lipinski definition) is 2. The van der Waals surface area contributed by atoms with E-state index in [2.05, 4.69) is 37.6 Å². The van der Waals surface area contributed by atoms with Gasteiger partial charge in [-0.25, -0.2) is 4.98 Å². The first kappa shape index (κ1) is 16.7. The molecule has 0 atom stereocenters. The van der Waals surface area contributed by atoms with E-state index in [1.54, 1.807) is 36.4 Å². The van der Waals surface area contributed by atoms with E-state index in [0.29, 0.717) is 22.6 Å². The molecular weight excluding hydrogens is 380 g/mol. The lowest BCUT2D eigenvalue weighted by Crippen LogP contribution is -2.12. The predicted octanol–water partition coefficient (Wildman–Crippen LogP) is 4.71. The van der Waals surface area contributed by atoms with Crippen molar-refractivity contribution < 1.29 is 4.79 Å². The van der Waals surface area contributed by atoms with E-state index in [0.717, 1.165) is 10.2 Å². The van der Waals surface area contributed by atoms with Gasteiger partial charge in [-0.15, -0.1) is 0 Å². The monoisotopic (exact) mass is 392 g/mol. The van der Waals surface area contributed by atoms with Gasteiger partial charge in [0.1, 0.15) is 5.82 Å². The first-order chi connectivity index (χ1) is 12.1. The highest BCUT2D eigenvalue weighted by Gasteiger charge is 2.07. The molecule has 0 unspecified atom stereocenters. The Kier molecular flexibility index (Phi) is 5.07. The van der Waals surface area contributed by atoms with E-state index in [-0.39, 0.29) is 5.91 Å². The summed E-state index contributed by atoms with van der Waals surface area (Å²) in [4.78, 5) is 16.5. The highest BCUT2D eigenvalue weighted by Crippen LogP contribution is 2.17. The van der Waals surface area contributed by atoms with Crippen molar-refractivity contribution in [3.05, 3.63) is 82.5 Å². The van der Waals surface area contributed by atoms with Crippen LogP contribution in [0, 0.1) is 11.3 Å². The topological polar surface area (TPSA) is 77.8 Å². The van der Waals surface area contributed by atoms with Gasteiger partial charge in [0.05, 0.1) is 17.2 Å². The van der Waals surface area contributed by atoms with Crippen LogP contribution in [0.3, 0.4) is 0 Å². The number of nitrogens with zero attached hydrogens (tertiary/aromatic N) is 2. The Morgan fingerprint density at radius 3 is 2.24 bits per heavy atom. The normalized spacial score (nSPS) is 9.92. The average Bonchev–Trinajstić information content (AvgIpc) is 2.65. The summed E-state index contributed by atoms with van der Waals surface area (Å²) in [6, 6.07) is 19.9. The van der Waals surface area contributed by atoms with E-state index in [1.165, 1.54) is 6.20 Å². The number of pyridine rings is 1. The second-order valence-electron chi connectivity index (χ2n) is 5.21. The summed E-state index contributed by atoms with van der Waals surface area (Å²) in [5.74, 6) is 0.393. The first-order valence-corrected chi connectivity index (χ1v) is 8.23. The van der Waals surface area contributed by atoms with Gasteiger partial charge in [-0.3, -0.25) is 4.79 Å². The standard InChI is InChI=1S/C19H13BrN4O/c20-15-4-8-17(9-5-15)24-19(25)14-3-10-18(22-12-14)23-16-6-1-13(11-21)2-7-16/h1-10,12H,(H,22,23)(H,24,25). The number of halogens is 1. The fourth-order valence-electron chi connectivity index (χ4n) is 2.11. The highest BCUT2D eigenvalue weighted by molar-refractivity contribution is 9.10. The SMILES string of the molecule is N#Cc1ccc(Nc2ccc(C(=O)Nc3ccc(Br)cc3)cn2)cc1. The van der Waals surface area contributed by atoms with Crippen molar-refractivity contribution in [1.29, 1.82) is 5.26 Å². The molecule has 2 N–H and O–H groups in total. The quantitative estimate of drug-likeness (QED) is 0.673. The number of nitriles is 1. The Labute approximate surface area is 153 Å². The van der Waals surface area contributed by atoms with Crippen LogP contribution in [-0.4, -0.2) is 10.9 Å². The van der Waals surface area contributed by atoms with Gasteiger partial charge in [-0.2, -0.15) is 5.26 Å². The highest BCUT2D eigenvalue weighted by atomic mass is 79.9. The molecule has 122 valence electrons. The average molecular weight is 393 g/mol. The summed E-state index contributed by atoms with van der Waals surface area (Å²) >= 11 is 3.35. The molecule has 6 heteroatoms. The third-order valence-electron chi connectivity index (χ3n) is 3.41. The number of hydrogen-bond acceptors (Lipinski definition) is 4. The number of aromatic nitrogens is 1. The molecule has 0 saturated carbocycles. The molecule has 2 aromatic carbocycles. The Bertz CT molecular complexity index is 914. The fourth-order valence-corrected chi connectivity index (χ4v) is 2.38. The minimum absolute atomic E-state index is 0.222. The number of nitrogens with one attached hydrogen (secondary N) is 2. The van der Waals surface area contributed by atoms with E-state index in [1.807, 2.05) is 24.3 Å². The number of benzene rings is 2. The minimum Gasteiger partial charge on any atom is -0.340 e. The molecule has 0 saturated heterocycles. The van der Waals surface area contributed by atoms with Gasteiger partial charge in [-0.1, -0.05) is 15.9 Å². The summed E-state index contributed by atoms with van der Waals surface area (Å²) in [6.45, 7) is 0. The predicted molar refractivity (Wildman–Crippen MR) is 101 cm³/mol. The van der Waals surface area contributed by atoms with E-state index < -0.39 is 0 Å². The van der Waals surface area contributed by atoms with Gasteiger partial charge in [0.25, 0.3) is 5.91 Å². The third kappa shape index (κ3) is 4.43. The molecule has 0 aliphatic heterocycles. The molecule has 25 heavy (non-hydrogen) atoms. The van der Waals surface area contributed by atoms with Crippen LogP contribution in [0.15, 0.2) is 71.3 Å². The summed E-state index contributed by atoms with van der Waals surface area (Å²) in [5.41, 5.74) is 2.60. The Morgan fingerprint density at radius 2 is 1.64 bits per heavy atom. The van der Waals surface area contributed by atoms with Gasteiger partial charge in [0, 0.05) is 22.0 Å². The maximum atomic E-state index is 12.2. The van der Waals surface area contributed by atoms with Crippen molar-refractivity contribution in [3.63, 3.8) is 0 Å². The van der Waals surface area contributed by atoms with Gasteiger partial charge in [0.15, 0.2) is 0 Å². The van der Waals surface area contributed by atoms with E-state index >= 15 is 0 Å². The maximum Gasteiger partial charge on any atom is 0.257 e. The molecule has 1 heterocycles. The van der Waals surface area contributed by atoms with Gasteiger partial charge in [-0.05, 0) is 60.7 Å². The van der Waals surface area contributed by atoms with Crippen molar-refractivity contribution in [3.8, 4) is 6.07 Å². The largest absolute Gasteiger partial charge is 0.340 e. The smallest absolute Gasteiger partial charge is 0.257 e. The molecule has 3 aromatic rings. The minimum atomic E-state index is -0.222. The lowest BCUT2D eigenvalue weighted by molar-refractivity contribution is 0.102. The van der Waals surface area contributed by atoms with Crippen LogP contribution in [0.4, 0.5) is 17.2 Å². The summed E-state index contributed by atoms with van der Waals surface area (Å²) in [6.07, 6.45) is 1.51. The van der Waals surface area contributed by atoms with Crippen LogP contribution in [0.2, 0.25) is 0 Å². The molecule has 1 amide bonds. The Balaban J connectivity index is 1.65. The number of carbonyl (C=O) groups excluding carboxylic acids is 1. The molecule has 3 rings (SSSR count). The second kappa shape index (κ2) is 7.60. The zero-order valence-corrected chi connectivity index (χ0v) is 14.6. The van der Waals surface area contributed by atoms with Crippen molar-refractivity contribution in [2.45, 2.75) is 0 Å². The molecule has 0 bridgehead atoms. The molecule has 0 fully saturated rings. The fraction of sp³-hybridized carbons (Fsp3) is 0. The maximum absolute atomic E-state index is 12.2. The third-order valence-corrected chi connectivity index (χ3v) is 3.94. The lowest BCUT2D eigenvalue weighted by atomic mass is 10.2. The summed E-state index contributed by atoms with van der Waals surface area (Å²) in [5, 5.41) is 14.7. The van der Waals surface area contributed by atoms with Crippen LogP contribution >= 0.6 is 15.9 Å². The van der Waals surface area contributed by atoms with Crippen LogP contribution < -0.4 is 10.6 Å². The van der Waals surface area contributed by atoms with Gasteiger partial charge in [0.2, 0.25) is 0 Å². The van der Waals surface area contributed by atoms with Crippen LogP contribution in [-0.2, 0) is 0 Å².